The maximum absolute atomic E-state index is 13.8. The second kappa shape index (κ2) is 11.9. The number of hydrogen-bond donors (Lipinski definition) is 2. The van der Waals surface area contributed by atoms with Crippen LogP contribution in [0.1, 0.15) is 24.8 Å². The number of halogens is 1. The van der Waals surface area contributed by atoms with Crippen molar-refractivity contribution < 1.29 is 14.0 Å². The normalized spacial score (nSPS) is 21.9. The maximum Gasteiger partial charge on any atom is 0.319 e. The zero-order valence-corrected chi connectivity index (χ0v) is 22.4. The molecule has 0 saturated carbocycles. The zero-order valence-electron chi connectivity index (χ0n) is 22.4. The van der Waals surface area contributed by atoms with Gasteiger partial charge in [-0.3, -0.25) is 4.79 Å². The van der Waals surface area contributed by atoms with Gasteiger partial charge in [0.1, 0.15) is 5.82 Å². The number of carbonyl (C=O) groups is 2. The summed E-state index contributed by atoms with van der Waals surface area (Å²) in [4.78, 5) is 30.9. The number of benzene rings is 2. The van der Waals surface area contributed by atoms with Crippen molar-refractivity contribution in [3.05, 3.63) is 59.9 Å². The Bertz CT molecular complexity index is 1300. The van der Waals surface area contributed by atoms with Gasteiger partial charge in [-0.25, -0.2) is 13.9 Å². The van der Waals surface area contributed by atoms with Gasteiger partial charge in [0.05, 0.1) is 5.92 Å². The van der Waals surface area contributed by atoms with E-state index >= 15 is 0 Å². The first-order valence-electron chi connectivity index (χ1n) is 13.5. The maximum atomic E-state index is 13.8. The lowest BCUT2D eigenvalue weighted by Crippen LogP contribution is -2.57. The monoisotopic (exact) mass is 534 g/mol. The van der Waals surface area contributed by atoms with E-state index in [9.17, 15) is 14.0 Å². The second-order valence-corrected chi connectivity index (χ2v) is 10.7. The Balaban J connectivity index is 1.22. The Morgan fingerprint density at radius 2 is 1.87 bits per heavy atom. The number of tetrazole rings is 1. The molecule has 3 heterocycles. The molecule has 3 aromatic rings. The minimum atomic E-state index is -0.344. The van der Waals surface area contributed by atoms with Gasteiger partial charge in [-0.05, 0) is 85.4 Å². The molecule has 0 unspecified atom stereocenters. The highest BCUT2D eigenvalue weighted by atomic mass is 19.1. The molecule has 39 heavy (non-hydrogen) atoms. The minimum absolute atomic E-state index is 0.0902. The van der Waals surface area contributed by atoms with Gasteiger partial charge in [0.2, 0.25) is 5.91 Å². The molecule has 2 N–H and O–H groups in total. The molecule has 11 heteroatoms. The van der Waals surface area contributed by atoms with E-state index in [1.54, 1.807) is 17.8 Å². The van der Waals surface area contributed by atoms with Gasteiger partial charge in [-0.2, -0.15) is 0 Å². The van der Waals surface area contributed by atoms with Crippen molar-refractivity contribution in [2.75, 3.05) is 38.5 Å². The van der Waals surface area contributed by atoms with Crippen LogP contribution in [0.2, 0.25) is 0 Å². The lowest BCUT2D eigenvalue weighted by molar-refractivity contribution is -0.140. The Morgan fingerprint density at radius 3 is 2.64 bits per heavy atom. The summed E-state index contributed by atoms with van der Waals surface area (Å²) < 4.78 is 14.9. The van der Waals surface area contributed by atoms with E-state index in [-0.39, 0.29) is 29.7 Å². The quantitative estimate of drug-likeness (QED) is 0.504. The van der Waals surface area contributed by atoms with E-state index in [1.165, 1.54) is 12.1 Å². The van der Waals surface area contributed by atoms with Crippen molar-refractivity contribution in [2.24, 2.45) is 18.9 Å². The molecule has 3 amide bonds. The highest BCUT2D eigenvalue weighted by molar-refractivity contribution is 5.91. The number of rotatable bonds is 6. The van der Waals surface area contributed by atoms with Crippen LogP contribution < -0.4 is 10.6 Å². The third kappa shape index (κ3) is 6.59. The largest absolute Gasteiger partial charge is 0.342 e. The van der Waals surface area contributed by atoms with Gasteiger partial charge >= 0.3 is 6.03 Å². The van der Waals surface area contributed by atoms with Crippen molar-refractivity contribution in [3.63, 3.8) is 0 Å². The summed E-state index contributed by atoms with van der Waals surface area (Å²) in [5.41, 5.74) is 2.49. The molecule has 2 saturated heterocycles. The fourth-order valence-electron chi connectivity index (χ4n) is 5.70. The Labute approximate surface area is 227 Å². The molecule has 3 atom stereocenters. The SMILES string of the molecule is CN1CC[C@@H](NC(=O)Nc2cccc(-c3nnnn3C)c2)[C@@H](C(=O)N2CCC[C@@H](Cc3ccc(F)cc3)C2)C1. The van der Waals surface area contributed by atoms with Crippen molar-refractivity contribution in [2.45, 2.75) is 31.7 Å². The van der Waals surface area contributed by atoms with Crippen molar-refractivity contribution >= 4 is 17.6 Å². The van der Waals surface area contributed by atoms with Crippen molar-refractivity contribution in [1.29, 1.82) is 0 Å². The molecule has 0 aliphatic carbocycles. The van der Waals surface area contributed by atoms with Crippen LogP contribution in [0.5, 0.6) is 0 Å². The molecule has 2 aromatic carbocycles. The van der Waals surface area contributed by atoms with Crippen LogP contribution in [0, 0.1) is 17.7 Å². The van der Waals surface area contributed by atoms with Gasteiger partial charge in [0.25, 0.3) is 0 Å². The van der Waals surface area contributed by atoms with Gasteiger partial charge in [0.15, 0.2) is 5.82 Å². The van der Waals surface area contributed by atoms with Gasteiger partial charge < -0.3 is 20.4 Å². The highest BCUT2D eigenvalue weighted by Gasteiger charge is 2.38. The molecular formula is C28H35FN8O2. The van der Waals surface area contributed by atoms with E-state index in [2.05, 4.69) is 31.1 Å². The van der Waals surface area contributed by atoms with E-state index in [4.69, 9.17) is 0 Å². The topological polar surface area (TPSA) is 108 Å². The third-order valence-electron chi connectivity index (χ3n) is 7.72. The predicted molar refractivity (Wildman–Crippen MR) is 145 cm³/mol. The number of aryl methyl sites for hydroxylation is 1. The average Bonchev–Trinajstić information content (AvgIpc) is 3.36. The molecule has 0 bridgehead atoms. The Hall–Kier alpha value is -3.86. The van der Waals surface area contributed by atoms with E-state index in [0.29, 0.717) is 36.9 Å². The number of urea groups is 1. The molecule has 0 radical (unpaired) electrons. The fraction of sp³-hybridized carbons (Fsp3) is 0.464. The van der Waals surface area contributed by atoms with Crippen LogP contribution in [-0.2, 0) is 18.3 Å². The fourth-order valence-corrected chi connectivity index (χ4v) is 5.70. The average molecular weight is 535 g/mol. The first kappa shape index (κ1) is 26.7. The number of nitrogens with one attached hydrogen (secondary N) is 2. The van der Waals surface area contributed by atoms with Crippen LogP contribution >= 0.6 is 0 Å². The van der Waals surface area contributed by atoms with Crippen LogP contribution in [0.4, 0.5) is 14.9 Å². The van der Waals surface area contributed by atoms with E-state index < -0.39 is 0 Å². The van der Waals surface area contributed by atoms with Crippen LogP contribution in [0.3, 0.4) is 0 Å². The summed E-state index contributed by atoms with van der Waals surface area (Å²) in [6.07, 6.45) is 3.50. The second-order valence-electron chi connectivity index (χ2n) is 10.7. The molecule has 2 fully saturated rings. The van der Waals surface area contributed by atoms with Crippen LogP contribution in [0.25, 0.3) is 11.4 Å². The number of likely N-dealkylation sites (tertiary alicyclic amines) is 2. The summed E-state index contributed by atoms with van der Waals surface area (Å²) >= 11 is 0. The van der Waals surface area contributed by atoms with Gasteiger partial charge in [-0.15, -0.1) is 5.10 Å². The molecule has 2 aliphatic heterocycles. The molecule has 0 spiro atoms. The summed E-state index contributed by atoms with van der Waals surface area (Å²) in [6.45, 7) is 2.80. The third-order valence-corrected chi connectivity index (χ3v) is 7.72. The molecule has 1 aromatic heterocycles. The standard InChI is InChI=1S/C28H35FN8O2/c1-35-14-12-25(31-28(39)30-23-7-3-6-21(16-23)26-32-33-34-36(26)2)24(18-35)27(38)37-13-4-5-20(17-37)15-19-8-10-22(29)11-9-19/h3,6-11,16,20,24-25H,4-5,12-15,17-18H2,1-2H3,(H2,30,31,39)/t20-,24-,25+/m0/s1. The molecule has 5 rings (SSSR count). The molecule has 2 aliphatic rings. The minimum Gasteiger partial charge on any atom is -0.342 e. The predicted octanol–water partition coefficient (Wildman–Crippen LogP) is 2.94. The van der Waals surface area contributed by atoms with Gasteiger partial charge in [-0.1, -0.05) is 24.3 Å². The summed E-state index contributed by atoms with van der Waals surface area (Å²) in [5, 5.41) is 17.5. The number of aromatic nitrogens is 4. The van der Waals surface area contributed by atoms with E-state index in [0.717, 1.165) is 43.5 Å². The molecule has 10 nitrogen and oxygen atoms in total. The van der Waals surface area contributed by atoms with Gasteiger partial charge in [0, 0.05) is 44.0 Å². The van der Waals surface area contributed by atoms with Crippen molar-refractivity contribution in [1.82, 2.24) is 35.3 Å². The van der Waals surface area contributed by atoms with Crippen LogP contribution in [0.15, 0.2) is 48.5 Å². The Morgan fingerprint density at radius 1 is 1.05 bits per heavy atom. The summed E-state index contributed by atoms with van der Waals surface area (Å²) in [5.74, 6) is 0.459. The molecular weight excluding hydrogens is 499 g/mol. The Kier molecular flexibility index (Phi) is 8.16. The summed E-state index contributed by atoms with van der Waals surface area (Å²) in [7, 11) is 3.77. The van der Waals surface area contributed by atoms with Crippen molar-refractivity contribution in [3.8, 4) is 11.4 Å². The smallest absolute Gasteiger partial charge is 0.319 e. The van der Waals surface area contributed by atoms with E-state index in [1.807, 2.05) is 42.3 Å². The number of amides is 3. The number of hydrogen-bond acceptors (Lipinski definition) is 6. The number of carbonyl (C=O) groups excluding carboxylic acids is 2. The van der Waals surface area contributed by atoms with Crippen LogP contribution in [-0.4, -0.2) is 81.2 Å². The summed E-state index contributed by atoms with van der Waals surface area (Å²) in [6, 6.07) is 13.3. The number of anilines is 1. The zero-order chi connectivity index (χ0) is 27.4. The molecule has 206 valence electrons. The first-order chi connectivity index (χ1) is 18.9. The number of nitrogens with zero attached hydrogens (tertiary/aromatic N) is 6. The first-order valence-corrected chi connectivity index (χ1v) is 13.5. The lowest BCUT2D eigenvalue weighted by Gasteiger charge is -2.41. The number of piperidine rings is 2. The highest BCUT2D eigenvalue weighted by Crippen LogP contribution is 2.26. The lowest BCUT2D eigenvalue weighted by atomic mass is 9.87.